The summed E-state index contributed by atoms with van der Waals surface area (Å²) in [5.41, 5.74) is 0. The molecule has 0 radical (unpaired) electrons. The number of carbonyl (C=O) groups is 2. The predicted molar refractivity (Wildman–Crippen MR) is 37.2 cm³/mol. The van der Waals surface area contributed by atoms with Gasteiger partial charge in [-0.05, 0) is 6.26 Å². The molecule has 0 spiro atoms. The minimum Gasteiger partial charge on any atom is -0.348 e. The molecule has 0 bridgehead atoms. The molecule has 1 N–H and O–H groups in total. The fourth-order valence-electron chi connectivity index (χ4n) is 0.269. The molecule has 0 aromatic carbocycles. The molecule has 0 unspecified atom stereocenters. The van der Waals surface area contributed by atoms with Crippen LogP contribution in [0, 0.1) is 0 Å². The Morgan fingerprint density at radius 1 is 1.56 bits per heavy atom. The van der Waals surface area contributed by atoms with Crippen LogP contribution in [0.15, 0.2) is 0 Å². The number of thioether (sulfide) groups is 1. The van der Waals surface area contributed by atoms with E-state index in [1.54, 1.807) is 6.26 Å². The first-order chi connectivity index (χ1) is 4.16. The standard InChI is InChI=1S/C5H9NO2S/c1-4(7)6-3-5(8)9-2/h3H2,1-2H3,(H,6,7). The molecule has 0 aromatic rings. The lowest BCUT2D eigenvalue weighted by Gasteiger charge is -1.95. The lowest BCUT2D eigenvalue weighted by molar-refractivity contribution is -0.121. The third-order valence-electron chi connectivity index (χ3n) is 0.709. The molecule has 9 heavy (non-hydrogen) atoms. The van der Waals surface area contributed by atoms with Gasteiger partial charge in [0.2, 0.25) is 11.0 Å². The van der Waals surface area contributed by atoms with E-state index in [0.717, 1.165) is 11.8 Å². The highest BCUT2D eigenvalue weighted by Gasteiger charge is 1.97. The summed E-state index contributed by atoms with van der Waals surface area (Å²) in [6.45, 7) is 1.52. The van der Waals surface area contributed by atoms with Crippen molar-refractivity contribution in [1.29, 1.82) is 0 Å². The molecule has 3 nitrogen and oxygen atoms in total. The van der Waals surface area contributed by atoms with Crippen LogP contribution in [0.2, 0.25) is 0 Å². The maximum atomic E-state index is 10.5. The van der Waals surface area contributed by atoms with Gasteiger partial charge in [-0.15, -0.1) is 0 Å². The van der Waals surface area contributed by atoms with E-state index in [0.29, 0.717) is 0 Å². The Morgan fingerprint density at radius 2 is 2.11 bits per heavy atom. The molecule has 0 saturated heterocycles. The third-order valence-corrected chi connectivity index (χ3v) is 1.31. The number of hydrogen-bond donors (Lipinski definition) is 1. The smallest absolute Gasteiger partial charge is 0.217 e. The molecule has 0 rings (SSSR count). The average molecular weight is 147 g/mol. The average Bonchev–Trinajstić information content (AvgIpc) is 1.83. The SMILES string of the molecule is CSC(=O)CNC(C)=O. The molecule has 0 aliphatic heterocycles. The van der Waals surface area contributed by atoms with Gasteiger partial charge in [-0.2, -0.15) is 0 Å². The zero-order chi connectivity index (χ0) is 7.28. The minimum absolute atomic E-state index is 0.0230. The Hall–Kier alpha value is -0.510. The second kappa shape index (κ2) is 4.38. The van der Waals surface area contributed by atoms with Crippen LogP contribution in [0.25, 0.3) is 0 Å². The van der Waals surface area contributed by atoms with Crippen LogP contribution < -0.4 is 5.32 Å². The second-order valence-corrected chi connectivity index (χ2v) is 2.35. The van der Waals surface area contributed by atoms with E-state index in [9.17, 15) is 9.59 Å². The minimum atomic E-state index is -0.169. The van der Waals surface area contributed by atoms with E-state index in [-0.39, 0.29) is 17.6 Å². The van der Waals surface area contributed by atoms with Crippen LogP contribution in [-0.4, -0.2) is 23.8 Å². The summed E-state index contributed by atoms with van der Waals surface area (Å²) in [5.74, 6) is -0.169. The summed E-state index contributed by atoms with van der Waals surface area (Å²) in [5, 5.41) is 2.36. The number of nitrogens with one attached hydrogen (secondary N) is 1. The third kappa shape index (κ3) is 5.36. The summed E-state index contributed by atoms with van der Waals surface area (Å²) < 4.78 is 0. The van der Waals surface area contributed by atoms with Crippen LogP contribution in [0.5, 0.6) is 0 Å². The van der Waals surface area contributed by atoms with E-state index in [2.05, 4.69) is 5.32 Å². The molecular weight excluding hydrogens is 138 g/mol. The van der Waals surface area contributed by atoms with E-state index < -0.39 is 0 Å². The van der Waals surface area contributed by atoms with Crippen LogP contribution >= 0.6 is 11.8 Å². The van der Waals surface area contributed by atoms with Crippen molar-refractivity contribution in [1.82, 2.24) is 5.32 Å². The van der Waals surface area contributed by atoms with Crippen molar-refractivity contribution in [2.45, 2.75) is 6.92 Å². The summed E-state index contributed by atoms with van der Waals surface area (Å²) in [4.78, 5) is 20.7. The molecule has 4 heteroatoms. The highest BCUT2D eigenvalue weighted by molar-refractivity contribution is 8.13. The van der Waals surface area contributed by atoms with Gasteiger partial charge in [-0.3, -0.25) is 9.59 Å². The van der Waals surface area contributed by atoms with Crippen molar-refractivity contribution < 1.29 is 9.59 Å². The zero-order valence-electron chi connectivity index (χ0n) is 5.43. The summed E-state index contributed by atoms with van der Waals surface area (Å²) in [7, 11) is 0. The van der Waals surface area contributed by atoms with Gasteiger partial charge in [0.25, 0.3) is 0 Å². The maximum Gasteiger partial charge on any atom is 0.217 e. The van der Waals surface area contributed by atoms with Gasteiger partial charge < -0.3 is 5.32 Å². The Kier molecular flexibility index (Phi) is 4.13. The molecule has 0 atom stereocenters. The van der Waals surface area contributed by atoms with Gasteiger partial charge in [0, 0.05) is 6.92 Å². The molecular formula is C5H9NO2S. The summed E-state index contributed by atoms with van der Waals surface area (Å²) in [6, 6.07) is 0. The molecule has 0 aliphatic rings. The lowest BCUT2D eigenvalue weighted by Crippen LogP contribution is -2.25. The molecule has 0 aromatic heterocycles. The van der Waals surface area contributed by atoms with E-state index in [4.69, 9.17) is 0 Å². The number of hydrogen-bond acceptors (Lipinski definition) is 3. The van der Waals surface area contributed by atoms with Gasteiger partial charge >= 0.3 is 0 Å². The normalized spacial score (nSPS) is 8.67. The molecule has 0 saturated carbocycles. The number of carbonyl (C=O) groups excluding carboxylic acids is 2. The van der Waals surface area contributed by atoms with Crippen LogP contribution in [0.1, 0.15) is 6.92 Å². The summed E-state index contributed by atoms with van der Waals surface area (Å²) >= 11 is 1.11. The Bertz CT molecular complexity index is 124. The number of amides is 1. The Morgan fingerprint density at radius 3 is 2.44 bits per heavy atom. The van der Waals surface area contributed by atoms with Gasteiger partial charge in [-0.25, -0.2) is 0 Å². The van der Waals surface area contributed by atoms with Crippen LogP contribution in [0.3, 0.4) is 0 Å². The van der Waals surface area contributed by atoms with Crippen molar-refractivity contribution in [3.63, 3.8) is 0 Å². The molecule has 0 heterocycles. The van der Waals surface area contributed by atoms with E-state index in [1.165, 1.54) is 6.92 Å². The summed E-state index contributed by atoms with van der Waals surface area (Å²) in [6.07, 6.45) is 1.68. The van der Waals surface area contributed by atoms with Gasteiger partial charge in [0.05, 0.1) is 6.54 Å². The first kappa shape index (κ1) is 8.49. The Labute approximate surface area is 58.2 Å². The van der Waals surface area contributed by atoms with Crippen LogP contribution in [0.4, 0.5) is 0 Å². The second-order valence-electron chi connectivity index (χ2n) is 1.49. The quantitative estimate of drug-likeness (QED) is 0.598. The van der Waals surface area contributed by atoms with Gasteiger partial charge in [0.15, 0.2) is 0 Å². The Balaban J connectivity index is 3.28. The zero-order valence-corrected chi connectivity index (χ0v) is 6.25. The highest BCUT2D eigenvalue weighted by atomic mass is 32.2. The molecule has 52 valence electrons. The van der Waals surface area contributed by atoms with Crippen molar-refractivity contribution in [3.05, 3.63) is 0 Å². The van der Waals surface area contributed by atoms with E-state index in [1.807, 2.05) is 0 Å². The maximum absolute atomic E-state index is 10.5. The largest absolute Gasteiger partial charge is 0.348 e. The number of rotatable bonds is 2. The van der Waals surface area contributed by atoms with Crippen LogP contribution in [-0.2, 0) is 9.59 Å². The predicted octanol–water partition coefficient (Wildman–Crippen LogP) is 0.0121. The lowest BCUT2D eigenvalue weighted by atomic mass is 10.6. The van der Waals surface area contributed by atoms with E-state index >= 15 is 0 Å². The molecule has 0 fully saturated rings. The van der Waals surface area contributed by atoms with Crippen molar-refractivity contribution >= 4 is 22.8 Å². The van der Waals surface area contributed by atoms with Gasteiger partial charge in [0.1, 0.15) is 0 Å². The highest BCUT2D eigenvalue weighted by Crippen LogP contribution is 1.90. The van der Waals surface area contributed by atoms with Crippen molar-refractivity contribution in [3.8, 4) is 0 Å². The van der Waals surface area contributed by atoms with Gasteiger partial charge in [-0.1, -0.05) is 11.8 Å². The molecule has 0 aliphatic carbocycles. The first-order valence-electron chi connectivity index (χ1n) is 2.48. The topological polar surface area (TPSA) is 46.2 Å². The van der Waals surface area contributed by atoms with Crippen molar-refractivity contribution in [2.75, 3.05) is 12.8 Å². The monoisotopic (exact) mass is 147 g/mol. The fourth-order valence-corrected chi connectivity index (χ4v) is 0.485. The molecule has 1 amide bonds. The fraction of sp³-hybridized carbons (Fsp3) is 0.600. The first-order valence-corrected chi connectivity index (χ1v) is 3.70. The van der Waals surface area contributed by atoms with Crippen molar-refractivity contribution in [2.24, 2.45) is 0 Å².